The highest BCUT2D eigenvalue weighted by Crippen LogP contribution is 2.36. The van der Waals surface area contributed by atoms with E-state index in [1.807, 2.05) is 0 Å². The number of halogens is 3. The average Bonchev–Trinajstić information content (AvgIpc) is 2.67. The molecule has 0 saturated carbocycles. The van der Waals surface area contributed by atoms with Crippen molar-refractivity contribution in [2.24, 2.45) is 10.7 Å². The normalized spacial score (nSPS) is 21.6. The fourth-order valence-corrected chi connectivity index (χ4v) is 2.82. The Hall–Kier alpha value is -3.17. The van der Waals surface area contributed by atoms with Gasteiger partial charge in [-0.3, -0.25) is 4.79 Å². The van der Waals surface area contributed by atoms with Crippen LogP contribution < -0.4 is 10.5 Å². The van der Waals surface area contributed by atoms with Gasteiger partial charge in [0.25, 0.3) is 6.02 Å². The van der Waals surface area contributed by atoms with E-state index in [1.165, 1.54) is 19.1 Å². The Balaban J connectivity index is 1.85. The molecular formula is C18H17F3N4O3. The van der Waals surface area contributed by atoms with Crippen molar-refractivity contribution in [2.75, 3.05) is 13.5 Å². The number of benzene rings is 1. The summed E-state index contributed by atoms with van der Waals surface area (Å²) in [5.41, 5.74) is 4.38. The van der Waals surface area contributed by atoms with Gasteiger partial charge in [-0.05, 0) is 24.6 Å². The van der Waals surface area contributed by atoms with Crippen molar-refractivity contribution >= 4 is 11.8 Å². The van der Waals surface area contributed by atoms with Gasteiger partial charge >= 0.3 is 0 Å². The first kappa shape index (κ1) is 19.6. The molecule has 7 nitrogen and oxygen atoms in total. The predicted molar refractivity (Wildman–Crippen MR) is 92.9 cm³/mol. The SMILES string of the molecule is C[C@]1(c2cc(CC(=O)c3cnc(OCF)cn3)ccc2F)N=C(N)OC[C@@H]1F. The quantitative estimate of drug-likeness (QED) is 0.755. The highest BCUT2D eigenvalue weighted by Gasteiger charge is 2.42. The number of aliphatic imine (C=N–C) groups is 1. The summed E-state index contributed by atoms with van der Waals surface area (Å²) in [4.78, 5) is 24.0. The molecule has 1 aromatic carbocycles. The van der Waals surface area contributed by atoms with E-state index in [2.05, 4.69) is 19.7 Å². The number of ether oxygens (including phenoxy) is 2. The summed E-state index contributed by atoms with van der Waals surface area (Å²) in [6.45, 7) is -0.00382. The molecule has 2 aromatic rings. The monoisotopic (exact) mass is 394 g/mol. The van der Waals surface area contributed by atoms with Gasteiger partial charge in [0.05, 0.1) is 12.4 Å². The summed E-state index contributed by atoms with van der Waals surface area (Å²) in [5, 5.41) is 0. The molecule has 3 rings (SSSR count). The lowest BCUT2D eigenvalue weighted by Gasteiger charge is -2.33. The maximum absolute atomic E-state index is 14.5. The standard InChI is InChI=1S/C18H17F3N4O3/c1-18(15(21)8-27-17(22)25-18)11-4-10(2-3-12(11)20)5-14(26)13-6-24-16(7-23-13)28-9-19/h2-4,6-7,15H,5,8-9H2,1H3,(H2,22,25)/t15-,18+/m0/s1. The van der Waals surface area contributed by atoms with Crippen LogP contribution in [0.4, 0.5) is 13.2 Å². The molecule has 28 heavy (non-hydrogen) atoms. The summed E-state index contributed by atoms with van der Waals surface area (Å²) in [6, 6.07) is 3.69. The number of nitrogens with two attached hydrogens (primary N) is 1. The van der Waals surface area contributed by atoms with Gasteiger partial charge in [0, 0.05) is 12.0 Å². The number of aromatic nitrogens is 2. The minimum atomic E-state index is -1.62. The molecule has 2 N–H and O–H groups in total. The Kier molecular flexibility index (Phi) is 5.48. The lowest BCUT2D eigenvalue weighted by atomic mass is 9.85. The van der Waals surface area contributed by atoms with E-state index in [4.69, 9.17) is 10.5 Å². The second kappa shape index (κ2) is 7.83. The van der Waals surface area contributed by atoms with E-state index in [0.29, 0.717) is 5.56 Å². The lowest BCUT2D eigenvalue weighted by Crippen LogP contribution is -2.43. The number of rotatable bonds is 6. The van der Waals surface area contributed by atoms with Gasteiger partial charge in [0.15, 0.2) is 12.0 Å². The van der Waals surface area contributed by atoms with Crippen LogP contribution in [0.2, 0.25) is 0 Å². The first-order valence-corrected chi connectivity index (χ1v) is 8.28. The molecule has 1 aromatic heterocycles. The Morgan fingerprint density at radius 1 is 1.39 bits per heavy atom. The minimum absolute atomic E-state index is 0.0278. The molecule has 0 bridgehead atoms. The van der Waals surface area contributed by atoms with E-state index in [1.54, 1.807) is 0 Å². The van der Waals surface area contributed by atoms with E-state index in [9.17, 15) is 18.0 Å². The van der Waals surface area contributed by atoms with E-state index in [0.717, 1.165) is 18.5 Å². The third-order valence-electron chi connectivity index (χ3n) is 4.39. The predicted octanol–water partition coefficient (Wildman–Crippen LogP) is 2.25. The van der Waals surface area contributed by atoms with E-state index >= 15 is 0 Å². The summed E-state index contributed by atoms with van der Waals surface area (Å²) in [7, 11) is 0. The molecule has 0 aliphatic carbocycles. The molecule has 1 aliphatic heterocycles. The van der Waals surface area contributed by atoms with Crippen LogP contribution in [0.1, 0.15) is 28.5 Å². The Bertz CT molecular complexity index is 907. The number of carbonyl (C=O) groups excluding carboxylic acids is 1. The van der Waals surface area contributed by atoms with Crippen LogP contribution in [0.25, 0.3) is 0 Å². The first-order valence-electron chi connectivity index (χ1n) is 8.28. The molecule has 0 amide bonds. The molecule has 0 radical (unpaired) electrons. The van der Waals surface area contributed by atoms with Gasteiger partial charge in [-0.25, -0.2) is 28.1 Å². The molecule has 1 aliphatic rings. The maximum atomic E-state index is 14.5. The van der Waals surface area contributed by atoms with Crippen LogP contribution in [0.5, 0.6) is 5.88 Å². The average molecular weight is 394 g/mol. The van der Waals surface area contributed by atoms with E-state index in [-0.39, 0.29) is 36.2 Å². The van der Waals surface area contributed by atoms with Crippen LogP contribution in [-0.2, 0) is 16.7 Å². The highest BCUT2D eigenvalue weighted by atomic mass is 19.1. The third kappa shape index (κ3) is 3.90. The summed E-state index contributed by atoms with van der Waals surface area (Å²) < 4.78 is 50.3. The van der Waals surface area contributed by atoms with Crippen LogP contribution in [0, 0.1) is 5.82 Å². The zero-order chi connectivity index (χ0) is 20.3. The Labute approximate surface area is 158 Å². The second-order valence-corrected chi connectivity index (χ2v) is 6.28. The molecular weight excluding hydrogens is 377 g/mol. The lowest BCUT2D eigenvalue weighted by molar-refractivity contribution is 0.0921. The molecule has 10 heteroatoms. The van der Waals surface area contributed by atoms with Gasteiger partial charge in [0.1, 0.15) is 23.7 Å². The molecule has 2 heterocycles. The van der Waals surface area contributed by atoms with Crippen molar-refractivity contribution in [3.8, 4) is 5.88 Å². The zero-order valence-electron chi connectivity index (χ0n) is 14.9. The molecule has 148 valence electrons. The zero-order valence-corrected chi connectivity index (χ0v) is 14.9. The number of nitrogens with zero attached hydrogens (tertiary/aromatic N) is 3. The van der Waals surface area contributed by atoms with Crippen molar-refractivity contribution < 1.29 is 27.4 Å². The van der Waals surface area contributed by atoms with Crippen molar-refractivity contribution in [3.63, 3.8) is 0 Å². The number of carbonyl (C=O) groups is 1. The number of amidine groups is 1. The van der Waals surface area contributed by atoms with Crippen LogP contribution in [0.15, 0.2) is 35.6 Å². The maximum Gasteiger partial charge on any atom is 0.283 e. The van der Waals surface area contributed by atoms with Gasteiger partial charge in [-0.1, -0.05) is 6.07 Å². The Morgan fingerprint density at radius 3 is 2.86 bits per heavy atom. The van der Waals surface area contributed by atoms with E-state index < -0.39 is 30.2 Å². The molecule has 0 unspecified atom stereocenters. The molecule has 0 fully saturated rings. The van der Waals surface area contributed by atoms with Crippen molar-refractivity contribution in [1.82, 2.24) is 9.97 Å². The molecule has 2 atom stereocenters. The van der Waals surface area contributed by atoms with Crippen LogP contribution >= 0.6 is 0 Å². The number of hydrogen-bond acceptors (Lipinski definition) is 7. The third-order valence-corrected chi connectivity index (χ3v) is 4.39. The fraction of sp³-hybridized carbons (Fsp3) is 0.333. The van der Waals surface area contributed by atoms with Gasteiger partial charge in [-0.2, -0.15) is 0 Å². The summed E-state index contributed by atoms with van der Waals surface area (Å²) in [5.74, 6) is -1.14. The fourth-order valence-electron chi connectivity index (χ4n) is 2.82. The number of alkyl halides is 2. The molecule has 0 saturated heterocycles. The topological polar surface area (TPSA) is 99.7 Å². The summed E-state index contributed by atoms with van der Waals surface area (Å²) >= 11 is 0. The molecule has 0 spiro atoms. The highest BCUT2D eigenvalue weighted by molar-refractivity contribution is 5.95. The van der Waals surface area contributed by atoms with Crippen molar-refractivity contribution in [3.05, 3.63) is 53.2 Å². The van der Waals surface area contributed by atoms with Crippen molar-refractivity contribution in [2.45, 2.75) is 25.1 Å². The minimum Gasteiger partial charge on any atom is -0.462 e. The van der Waals surface area contributed by atoms with Crippen LogP contribution in [0.3, 0.4) is 0 Å². The number of ketones is 1. The van der Waals surface area contributed by atoms with Crippen LogP contribution in [-0.4, -0.2) is 41.4 Å². The number of Topliss-reactive ketones (excluding diaryl/α,β-unsaturated/α-hetero) is 1. The summed E-state index contributed by atoms with van der Waals surface area (Å²) in [6.07, 6.45) is 0.528. The second-order valence-electron chi connectivity index (χ2n) is 6.28. The van der Waals surface area contributed by atoms with Gasteiger partial charge in [0.2, 0.25) is 12.7 Å². The number of hydrogen-bond donors (Lipinski definition) is 1. The van der Waals surface area contributed by atoms with Crippen molar-refractivity contribution in [1.29, 1.82) is 0 Å². The van der Waals surface area contributed by atoms with Gasteiger partial charge in [-0.15, -0.1) is 0 Å². The first-order chi connectivity index (χ1) is 13.3. The largest absolute Gasteiger partial charge is 0.462 e. The Morgan fingerprint density at radius 2 is 2.18 bits per heavy atom. The van der Waals surface area contributed by atoms with Gasteiger partial charge < -0.3 is 15.2 Å². The smallest absolute Gasteiger partial charge is 0.283 e.